The Kier molecular flexibility index (Phi) is 11.9. The predicted molar refractivity (Wildman–Crippen MR) is 157 cm³/mol. The van der Waals surface area contributed by atoms with Crippen LogP contribution in [0, 0.1) is 0 Å². The normalized spacial score (nSPS) is 13.3. The minimum absolute atomic E-state index is 0.00385. The van der Waals surface area contributed by atoms with Crippen LogP contribution in [0.15, 0.2) is 28.7 Å². The fourth-order valence-electron chi connectivity index (χ4n) is 7.29. The summed E-state index contributed by atoms with van der Waals surface area (Å²) in [6.07, 6.45) is 0. The number of carbonyl (C=O) groups excluding carboxylic acids is 1. The van der Waals surface area contributed by atoms with Crippen LogP contribution in [0.25, 0.3) is 0 Å². The Balaban J connectivity index is 4.11. The monoisotopic (exact) mass is 572 g/mol. The van der Waals surface area contributed by atoms with E-state index in [1.165, 1.54) is 54.4 Å². The lowest BCUT2D eigenvalue weighted by atomic mass is 10.2. The quantitative estimate of drug-likeness (QED) is 0.207. The van der Waals surface area contributed by atoms with Crippen molar-refractivity contribution >= 4 is 51.5 Å². The van der Waals surface area contributed by atoms with Crippen LogP contribution in [0.3, 0.4) is 0 Å². The first-order valence-corrected chi connectivity index (χ1v) is 26.7. The Morgan fingerprint density at radius 3 is 1.16 bits per heavy atom. The van der Waals surface area contributed by atoms with Gasteiger partial charge in [-0.05, 0) is 24.3 Å². The van der Waals surface area contributed by atoms with Gasteiger partial charge in [0.2, 0.25) is 6.87 Å². The van der Waals surface area contributed by atoms with Gasteiger partial charge in [0, 0.05) is 4.47 Å². The van der Waals surface area contributed by atoms with Crippen molar-refractivity contribution in [2.24, 2.45) is 0 Å². The fourth-order valence-corrected chi connectivity index (χ4v) is 106. The summed E-state index contributed by atoms with van der Waals surface area (Å²) in [4.78, 5) is 14.0. The minimum atomic E-state index is -2.34. The molecule has 2 nitrogen and oxygen atoms in total. The van der Waals surface area contributed by atoms with E-state index in [9.17, 15) is 4.79 Å². The molecule has 0 aliphatic rings. The van der Waals surface area contributed by atoms with Crippen molar-refractivity contribution in [3.8, 4) is 0 Å². The van der Waals surface area contributed by atoms with Crippen LogP contribution in [0.2, 0.25) is 54.4 Å². The summed E-state index contributed by atoms with van der Waals surface area (Å²) in [6.45, 7) is 19.7. The summed E-state index contributed by atoms with van der Waals surface area (Å²) in [5.74, 6) is -0.00385. The van der Waals surface area contributed by atoms with Gasteiger partial charge in [-0.1, -0.05) is 133 Å². The molecule has 0 spiro atoms. The number of carbonyl (C=O) groups is 1. The number of benzene rings is 1. The zero-order chi connectivity index (χ0) is 24.6. The Hall–Kier alpha value is 0.0375. The molecule has 32 heavy (non-hydrogen) atoms. The van der Waals surface area contributed by atoms with E-state index in [1.807, 2.05) is 24.3 Å². The smallest absolute Gasteiger partial charge is 0.324 e. The van der Waals surface area contributed by atoms with Gasteiger partial charge in [-0.25, -0.2) is 4.79 Å². The van der Waals surface area contributed by atoms with Crippen LogP contribution in [-0.4, -0.2) is 35.6 Å². The molecule has 0 atom stereocenters. The van der Waals surface area contributed by atoms with Gasteiger partial charge in [-0.3, -0.25) is 0 Å². The maximum Gasteiger partial charge on any atom is 0.324 e. The molecule has 1 rings (SSSR count). The van der Waals surface area contributed by atoms with E-state index in [1.54, 1.807) is 0 Å². The van der Waals surface area contributed by atoms with Crippen molar-refractivity contribution in [3.05, 3.63) is 34.3 Å². The summed E-state index contributed by atoms with van der Waals surface area (Å²) in [7, 11) is -5.37. The van der Waals surface area contributed by atoms with Crippen molar-refractivity contribution < 1.29 is 9.22 Å². The maximum absolute atomic E-state index is 14.0. The van der Waals surface area contributed by atoms with E-state index in [0.717, 1.165) is 10.0 Å². The lowest BCUT2D eigenvalue weighted by Crippen LogP contribution is -2.89. The van der Waals surface area contributed by atoms with E-state index < -0.39 is 29.6 Å². The Morgan fingerprint density at radius 2 is 0.906 bits per heavy atom. The highest BCUT2D eigenvalue weighted by Crippen LogP contribution is 2.51. The molecule has 0 heterocycles. The molecular weight excluding hydrogens is 525 g/mol. The van der Waals surface area contributed by atoms with Gasteiger partial charge in [0.1, 0.15) is 0 Å². The van der Waals surface area contributed by atoms with E-state index in [0.29, 0.717) is 0 Å². The second kappa shape index (κ2) is 12.7. The Bertz CT molecular complexity index is 636. The third-order valence-corrected chi connectivity index (χ3v) is 79.9. The summed E-state index contributed by atoms with van der Waals surface area (Å²) >= 11 is 3.53. The lowest BCUT2D eigenvalue weighted by molar-refractivity contribution is 0.0735. The molecule has 0 bridgehead atoms. The minimum Gasteiger partial charge on any atom is -0.524 e. The Morgan fingerprint density at radius 1 is 0.625 bits per heavy atom. The first-order chi connectivity index (χ1) is 15.2. The van der Waals surface area contributed by atoms with Crippen LogP contribution in [0.1, 0.15) is 72.7 Å². The second-order valence-corrected chi connectivity index (χ2v) is 46.5. The van der Waals surface area contributed by atoms with Crippen molar-refractivity contribution in [1.82, 2.24) is 0 Å². The molecule has 1 aromatic carbocycles. The van der Waals surface area contributed by atoms with Gasteiger partial charge < -0.3 is 4.43 Å². The summed E-state index contributed by atoms with van der Waals surface area (Å²) in [5, 5.41) is 0. The molecule has 0 saturated carbocycles. The molecule has 0 unspecified atom stereocenters. The predicted octanol–water partition coefficient (Wildman–Crippen LogP) is 9.31. The molecule has 0 amide bonds. The number of hydrogen-bond acceptors (Lipinski definition) is 2. The molecule has 0 fully saturated rings. The average Bonchev–Trinajstić information content (AvgIpc) is 2.83. The van der Waals surface area contributed by atoms with Gasteiger partial charge >= 0.3 is 5.97 Å². The SMILES string of the molecule is CC[Si](CC)(CC)[Si](OC(=O)c1ccc(Br)cc1)([Si](CC)(CC)CC)[Si](CC)(CC)CC. The molecule has 0 saturated heterocycles. The fraction of sp³-hybridized carbons (Fsp3) is 0.720. The van der Waals surface area contributed by atoms with E-state index in [-0.39, 0.29) is 5.97 Å². The van der Waals surface area contributed by atoms with E-state index in [2.05, 4.69) is 78.2 Å². The second-order valence-electron chi connectivity index (χ2n) is 9.60. The van der Waals surface area contributed by atoms with Gasteiger partial charge in [0.05, 0.1) is 28.3 Å². The van der Waals surface area contributed by atoms with Gasteiger partial charge in [-0.2, -0.15) is 0 Å². The van der Waals surface area contributed by atoms with Crippen molar-refractivity contribution in [3.63, 3.8) is 0 Å². The molecule has 0 aliphatic heterocycles. The van der Waals surface area contributed by atoms with Crippen LogP contribution >= 0.6 is 15.9 Å². The zero-order valence-electron chi connectivity index (χ0n) is 22.4. The topological polar surface area (TPSA) is 26.3 Å². The van der Waals surface area contributed by atoms with Crippen molar-refractivity contribution in [2.45, 2.75) is 117 Å². The van der Waals surface area contributed by atoms with Gasteiger partial charge in [0.15, 0.2) is 0 Å². The zero-order valence-corrected chi connectivity index (χ0v) is 28.0. The van der Waals surface area contributed by atoms with Crippen LogP contribution in [0.4, 0.5) is 0 Å². The molecule has 0 N–H and O–H groups in total. The number of halogens is 1. The molecule has 0 aromatic heterocycles. The molecular formula is C25H49BrO2Si4. The van der Waals surface area contributed by atoms with Crippen molar-refractivity contribution in [1.29, 1.82) is 0 Å². The number of rotatable bonds is 14. The average molecular weight is 574 g/mol. The Labute approximate surface area is 211 Å². The van der Waals surface area contributed by atoms with Gasteiger partial charge in [-0.15, -0.1) is 0 Å². The molecule has 7 heteroatoms. The summed E-state index contributed by atoms with van der Waals surface area (Å²) < 4.78 is 8.46. The van der Waals surface area contributed by atoms with E-state index >= 15 is 0 Å². The maximum atomic E-state index is 14.0. The third kappa shape index (κ3) is 4.75. The molecule has 1 aromatic rings. The highest BCUT2D eigenvalue weighted by molar-refractivity contribution is 9.10. The lowest BCUT2D eigenvalue weighted by Gasteiger charge is -2.63. The highest BCUT2D eigenvalue weighted by atomic mass is 79.9. The summed E-state index contributed by atoms with van der Waals surface area (Å²) in [5.41, 5.74) is 0.744. The number of hydrogen-bond donors (Lipinski definition) is 0. The molecule has 0 aliphatic carbocycles. The van der Waals surface area contributed by atoms with Crippen molar-refractivity contribution in [2.75, 3.05) is 0 Å². The first-order valence-electron chi connectivity index (χ1n) is 13.2. The largest absolute Gasteiger partial charge is 0.524 e. The van der Waals surface area contributed by atoms with Crippen LogP contribution in [-0.2, 0) is 4.43 Å². The third-order valence-electron chi connectivity index (χ3n) is 9.66. The van der Waals surface area contributed by atoms with Gasteiger partial charge in [0.25, 0.3) is 0 Å². The molecule has 0 radical (unpaired) electrons. The van der Waals surface area contributed by atoms with E-state index in [4.69, 9.17) is 4.43 Å². The standard InChI is InChI=1S/C25H49BrO2Si4/c1-10-29(11-2,12-3)32(30(13-4,14-5)15-6,31(16-7,17-8)18-9)28-25(27)23-19-21-24(26)22-20-23/h19-22H,10-18H2,1-9H3. The first kappa shape index (κ1) is 30.1. The molecule has 184 valence electrons. The summed E-state index contributed by atoms with van der Waals surface area (Å²) in [6, 6.07) is 19.4. The van der Waals surface area contributed by atoms with Crippen LogP contribution < -0.4 is 0 Å². The highest BCUT2D eigenvalue weighted by Gasteiger charge is 2.74. The van der Waals surface area contributed by atoms with Crippen LogP contribution in [0.5, 0.6) is 0 Å².